The molecular weight excluding hydrogens is 458 g/mol. The van der Waals surface area contributed by atoms with Gasteiger partial charge in [0.1, 0.15) is 5.82 Å². The number of hydrogen-bond acceptors (Lipinski definition) is 2. The van der Waals surface area contributed by atoms with E-state index in [2.05, 4.69) is 15.6 Å². The van der Waals surface area contributed by atoms with Crippen molar-refractivity contribution in [3.05, 3.63) is 71.5 Å². The fourth-order valence-electron chi connectivity index (χ4n) is 2.54. The van der Waals surface area contributed by atoms with Crippen LogP contribution in [0.15, 0.2) is 59.6 Å². The third-order valence-corrected chi connectivity index (χ3v) is 3.85. The number of aliphatic imine (C=N–C) groups is 1. The second-order valence-corrected chi connectivity index (χ2v) is 5.97. The van der Waals surface area contributed by atoms with Crippen molar-refractivity contribution in [3.8, 4) is 0 Å². The minimum atomic E-state index is -0.256. The molecule has 0 aliphatic heterocycles. The fraction of sp³-hybridized carbons (Fsp3) is 0.300. The summed E-state index contributed by atoms with van der Waals surface area (Å²) in [4.78, 5) is 18.0. The van der Waals surface area contributed by atoms with Gasteiger partial charge in [-0.3, -0.25) is 9.79 Å². The Labute approximate surface area is 177 Å². The molecule has 7 heteroatoms. The van der Waals surface area contributed by atoms with Crippen molar-refractivity contribution in [1.29, 1.82) is 0 Å². The number of guanidine groups is 1. The number of amides is 1. The van der Waals surface area contributed by atoms with Gasteiger partial charge >= 0.3 is 0 Å². The standard InChI is InChI=1S/C20H25FN4O.HI/c1-22-20(25(2)15-17-9-6-10-18(21)13-17)23-12-11-19(26)24-14-16-7-4-3-5-8-16;/h3-10,13H,11-12,14-15H2,1-2H3,(H,22,23)(H,24,26);1H. The predicted octanol–water partition coefficient (Wildman–Crippen LogP) is 3.16. The van der Waals surface area contributed by atoms with Crippen molar-refractivity contribution in [3.63, 3.8) is 0 Å². The van der Waals surface area contributed by atoms with Crippen molar-refractivity contribution in [1.82, 2.24) is 15.5 Å². The van der Waals surface area contributed by atoms with E-state index < -0.39 is 0 Å². The predicted molar refractivity (Wildman–Crippen MR) is 118 cm³/mol. The van der Waals surface area contributed by atoms with Gasteiger partial charge in [-0.2, -0.15) is 0 Å². The molecule has 0 saturated carbocycles. The van der Waals surface area contributed by atoms with Gasteiger partial charge in [0.15, 0.2) is 5.96 Å². The quantitative estimate of drug-likeness (QED) is 0.361. The lowest BCUT2D eigenvalue weighted by atomic mass is 10.2. The minimum Gasteiger partial charge on any atom is -0.356 e. The number of hydrogen-bond donors (Lipinski definition) is 2. The van der Waals surface area contributed by atoms with Gasteiger partial charge in [-0.05, 0) is 23.3 Å². The van der Waals surface area contributed by atoms with Crippen LogP contribution < -0.4 is 10.6 Å². The number of rotatable bonds is 7. The van der Waals surface area contributed by atoms with Crippen molar-refractivity contribution < 1.29 is 9.18 Å². The van der Waals surface area contributed by atoms with Gasteiger partial charge in [-0.15, -0.1) is 24.0 Å². The third kappa shape index (κ3) is 8.38. The van der Waals surface area contributed by atoms with Crippen LogP contribution in [0.5, 0.6) is 0 Å². The first-order valence-electron chi connectivity index (χ1n) is 8.55. The normalized spacial score (nSPS) is 10.7. The maximum atomic E-state index is 13.3. The van der Waals surface area contributed by atoms with Crippen LogP contribution in [-0.4, -0.2) is 37.4 Å². The first kappa shape index (κ1) is 22.9. The number of carbonyl (C=O) groups excluding carboxylic acids is 1. The molecule has 2 N–H and O–H groups in total. The first-order chi connectivity index (χ1) is 12.6. The van der Waals surface area contributed by atoms with Crippen LogP contribution in [-0.2, 0) is 17.9 Å². The summed E-state index contributed by atoms with van der Waals surface area (Å²) in [5, 5.41) is 6.05. The monoisotopic (exact) mass is 484 g/mol. The Morgan fingerprint density at radius 3 is 2.44 bits per heavy atom. The topological polar surface area (TPSA) is 56.7 Å². The van der Waals surface area contributed by atoms with E-state index in [1.165, 1.54) is 12.1 Å². The number of carbonyl (C=O) groups is 1. The minimum absolute atomic E-state index is 0. The highest BCUT2D eigenvalue weighted by Gasteiger charge is 2.08. The van der Waals surface area contributed by atoms with Gasteiger partial charge in [0.25, 0.3) is 0 Å². The summed E-state index contributed by atoms with van der Waals surface area (Å²) in [5.41, 5.74) is 1.93. The maximum Gasteiger partial charge on any atom is 0.222 e. The van der Waals surface area contributed by atoms with Gasteiger partial charge in [0.2, 0.25) is 5.91 Å². The number of benzene rings is 2. The molecule has 5 nitrogen and oxygen atoms in total. The zero-order valence-electron chi connectivity index (χ0n) is 15.6. The van der Waals surface area contributed by atoms with E-state index in [1.54, 1.807) is 13.1 Å². The lowest BCUT2D eigenvalue weighted by Crippen LogP contribution is -2.40. The molecule has 0 radical (unpaired) electrons. The Morgan fingerprint density at radius 1 is 1.07 bits per heavy atom. The number of nitrogens with one attached hydrogen (secondary N) is 2. The first-order valence-corrected chi connectivity index (χ1v) is 8.55. The van der Waals surface area contributed by atoms with Crippen LogP contribution in [0.2, 0.25) is 0 Å². The molecule has 0 aliphatic rings. The van der Waals surface area contributed by atoms with Gasteiger partial charge in [-0.1, -0.05) is 42.5 Å². The summed E-state index contributed by atoms with van der Waals surface area (Å²) >= 11 is 0. The average Bonchev–Trinajstić information content (AvgIpc) is 2.64. The van der Waals surface area contributed by atoms with Crippen molar-refractivity contribution in [2.45, 2.75) is 19.5 Å². The lowest BCUT2D eigenvalue weighted by Gasteiger charge is -2.22. The van der Waals surface area contributed by atoms with E-state index in [9.17, 15) is 9.18 Å². The van der Waals surface area contributed by atoms with Gasteiger partial charge in [-0.25, -0.2) is 4.39 Å². The molecule has 0 atom stereocenters. The fourth-order valence-corrected chi connectivity index (χ4v) is 2.54. The third-order valence-electron chi connectivity index (χ3n) is 3.85. The molecule has 0 unspecified atom stereocenters. The molecule has 0 bridgehead atoms. The second-order valence-electron chi connectivity index (χ2n) is 5.97. The Balaban J connectivity index is 0.00000364. The molecule has 0 spiro atoms. The van der Waals surface area contributed by atoms with E-state index in [4.69, 9.17) is 0 Å². The molecule has 0 fully saturated rings. The van der Waals surface area contributed by atoms with E-state index >= 15 is 0 Å². The lowest BCUT2D eigenvalue weighted by molar-refractivity contribution is -0.121. The molecule has 27 heavy (non-hydrogen) atoms. The largest absolute Gasteiger partial charge is 0.356 e. The van der Waals surface area contributed by atoms with E-state index in [-0.39, 0.29) is 35.7 Å². The molecule has 1 amide bonds. The summed E-state index contributed by atoms with van der Waals surface area (Å²) < 4.78 is 13.3. The molecule has 0 saturated heterocycles. The summed E-state index contributed by atoms with van der Waals surface area (Å²) in [5.74, 6) is 0.378. The summed E-state index contributed by atoms with van der Waals surface area (Å²) in [7, 11) is 3.55. The van der Waals surface area contributed by atoms with Crippen LogP contribution in [0.1, 0.15) is 17.5 Å². The highest BCUT2D eigenvalue weighted by molar-refractivity contribution is 14.0. The van der Waals surface area contributed by atoms with Crippen molar-refractivity contribution in [2.75, 3.05) is 20.6 Å². The Hall–Kier alpha value is -2.16. The number of halogens is 2. The Morgan fingerprint density at radius 2 is 1.78 bits per heavy atom. The van der Waals surface area contributed by atoms with Crippen molar-refractivity contribution in [2.24, 2.45) is 4.99 Å². The average molecular weight is 484 g/mol. The molecule has 0 aromatic heterocycles. The molecule has 0 heterocycles. The maximum absolute atomic E-state index is 13.3. The highest BCUT2D eigenvalue weighted by atomic mass is 127. The van der Waals surface area contributed by atoms with Gasteiger partial charge < -0.3 is 15.5 Å². The van der Waals surface area contributed by atoms with Crippen molar-refractivity contribution >= 4 is 35.8 Å². The van der Waals surface area contributed by atoms with E-state index in [0.29, 0.717) is 32.0 Å². The molecular formula is C20H26FIN4O. The van der Waals surface area contributed by atoms with E-state index in [1.807, 2.05) is 48.3 Å². The van der Waals surface area contributed by atoms with Crippen LogP contribution in [0, 0.1) is 5.82 Å². The van der Waals surface area contributed by atoms with Gasteiger partial charge in [0.05, 0.1) is 0 Å². The Bertz CT molecular complexity index is 740. The van der Waals surface area contributed by atoms with Gasteiger partial charge in [0, 0.05) is 40.2 Å². The second kappa shape index (κ2) is 12.3. The molecule has 2 aromatic carbocycles. The smallest absolute Gasteiger partial charge is 0.222 e. The van der Waals surface area contributed by atoms with Crippen LogP contribution in [0.25, 0.3) is 0 Å². The summed E-state index contributed by atoms with van der Waals surface area (Å²) in [6.07, 6.45) is 0.347. The Kier molecular flexibility index (Phi) is 10.4. The molecule has 0 aliphatic carbocycles. The summed E-state index contributed by atoms with van der Waals surface area (Å²) in [6.45, 7) is 1.52. The zero-order valence-corrected chi connectivity index (χ0v) is 17.9. The summed E-state index contributed by atoms with van der Waals surface area (Å²) in [6, 6.07) is 16.3. The molecule has 146 valence electrons. The molecule has 2 rings (SSSR count). The zero-order chi connectivity index (χ0) is 18.8. The van der Waals surface area contributed by atoms with Crippen LogP contribution >= 0.6 is 24.0 Å². The van der Waals surface area contributed by atoms with Crippen LogP contribution in [0.4, 0.5) is 4.39 Å². The highest BCUT2D eigenvalue weighted by Crippen LogP contribution is 2.06. The van der Waals surface area contributed by atoms with E-state index in [0.717, 1.165) is 11.1 Å². The number of nitrogens with zero attached hydrogens (tertiary/aromatic N) is 2. The molecule has 2 aromatic rings. The van der Waals surface area contributed by atoms with Crippen LogP contribution in [0.3, 0.4) is 0 Å². The SMILES string of the molecule is CN=C(NCCC(=O)NCc1ccccc1)N(C)Cc1cccc(F)c1.I.